The van der Waals surface area contributed by atoms with E-state index in [1.165, 1.54) is 6.33 Å². The molecule has 1 saturated heterocycles. The fraction of sp³-hybridized carbons (Fsp3) is 0.522. The van der Waals surface area contributed by atoms with E-state index in [2.05, 4.69) is 37.0 Å². The van der Waals surface area contributed by atoms with Gasteiger partial charge in [-0.25, -0.2) is 14.6 Å². The molecule has 0 spiro atoms. The van der Waals surface area contributed by atoms with Crippen LogP contribution in [0.25, 0.3) is 16.7 Å². The van der Waals surface area contributed by atoms with E-state index in [1.807, 2.05) is 12.2 Å². The van der Waals surface area contributed by atoms with Gasteiger partial charge >= 0.3 is 0 Å². The minimum Gasteiger partial charge on any atom is -0.383 e. The van der Waals surface area contributed by atoms with Crippen molar-refractivity contribution in [3.63, 3.8) is 0 Å². The Kier molecular flexibility index (Phi) is 5.16. The first-order chi connectivity index (χ1) is 15.7. The second kappa shape index (κ2) is 8.17. The van der Waals surface area contributed by atoms with Crippen LogP contribution in [0.15, 0.2) is 35.7 Å². The molecule has 168 valence electrons. The Hall–Kier alpha value is -2.42. The summed E-state index contributed by atoms with van der Waals surface area (Å²) in [6.45, 7) is 3.77. The SMILES string of the molecule is Nc1ncnc2c1c(C1=C(Cl)C3C=CC=CC3N1)nn2C1CCC(N2CCOCC2)CC1. The minimum atomic E-state index is 0.117. The topological polar surface area (TPSA) is 94.1 Å². The van der Waals surface area contributed by atoms with Gasteiger partial charge in [-0.05, 0) is 25.7 Å². The summed E-state index contributed by atoms with van der Waals surface area (Å²) >= 11 is 6.82. The highest BCUT2D eigenvalue weighted by atomic mass is 35.5. The molecule has 32 heavy (non-hydrogen) atoms. The molecule has 2 fully saturated rings. The number of halogens is 1. The van der Waals surface area contributed by atoms with Crippen LogP contribution in [-0.4, -0.2) is 63.0 Å². The van der Waals surface area contributed by atoms with E-state index in [-0.39, 0.29) is 12.0 Å². The number of nitrogen functional groups attached to an aromatic ring is 1. The van der Waals surface area contributed by atoms with Gasteiger partial charge in [0, 0.05) is 25.0 Å². The van der Waals surface area contributed by atoms with Crippen molar-refractivity contribution in [3.8, 4) is 0 Å². The van der Waals surface area contributed by atoms with Gasteiger partial charge in [0.2, 0.25) is 0 Å². The van der Waals surface area contributed by atoms with Crippen molar-refractivity contribution >= 4 is 34.1 Å². The van der Waals surface area contributed by atoms with Crippen LogP contribution in [0.4, 0.5) is 5.82 Å². The van der Waals surface area contributed by atoms with Gasteiger partial charge in [0.05, 0.1) is 41.4 Å². The zero-order chi connectivity index (χ0) is 21.7. The van der Waals surface area contributed by atoms with E-state index in [0.29, 0.717) is 17.9 Å². The smallest absolute Gasteiger partial charge is 0.164 e. The first-order valence-electron chi connectivity index (χ1n) is 11.5. The normalized spacial score (nSPS) is 30.7. The summed E-state index contributed by atoms with van der Waals surface area (Å²) in [6.07, 6.45) is 14.3. The van der Waals surface area contributed by atoms with E-state index in [9.17, 15) is 0 Å². The van der Waals surface area contributed by atoms with Crippen LogP contribution in [0.3, 0.4) is 0 Å². The molecule has 8 nitrogen and oxygen atoms in total. The van der Waals surface area contributed by atoms with E-state index in [0.717, 1.165) is 79.4 Å². The zero-order valence-electron chi connectivity index (χ0n) is 18.0. The summed E-state index contributed by atoms with van der Waals surface area (Å²) in [5.41, 5.74) is 8.73. The lowest BCUT2D eigenvalue weighted by atomic mass is 9.90. The van der Waals surface area contributed by atoms with Crippen LogP contribution in [0.1, 0.15) is 37.4 Å². The van der Waals surface area contributed by atoms with E-state index in [4.69, 9.17) is 27.2 Å². The number of nitrogens with one attached hydrogen (secondary N) is 1. The van der Waals surface area contributed by atoms with Crippen molar-refractivity contribution < 1.29 is 4.74 Å². The Bertz CT molecular complexity index is 1110. The Morgan fingerprint density at radius 1 is 1.03 bits per heavy atom. The van der Waals surface area contributed by atoms with Crippen LogP contribution in [0.2, 0.25) is 0 Å². The van der Waals surface area contributed by atoms with Crippen LogP contribution in [-0.2, 0) is 4.74 Å². The van der Waals surface area contributed by atoms with Crippen LogP contribution >= 0.6 is 11.6 Å². The van der Waals surface area contributed by atoms with Gasteiger partial charge in [-0.1, -0.05) is 35.9 Å². The standard InChI is InChI=1S/C23H28ClN7O/c24-19-16-3-1-2-4-17(16)28-21(19)20-18-22(25)26-13-27-23(18)31(29-20)15-7-5-14(6-8-15)30-9-11-32-12-10-30/h1-4,13-17,28H,5-12H2,(H2,25,26,27). The Morgan fingerprint density at radius 3 is 2.56 bits per heavy atom. The predicted octanol–water partition coefficient (Wildman–Crippen LogP) is 2.85. The molecule has 1 saturated carbocycles. The molecule has 6 rings (SSSR count). The molecule has 2 aliphatic carbocycles. The maximum absolute atomic E-state index is 6.82. The monoisotopic (exact) mass is 453 g/mol. The number of rotatable bonds is 3. The third-order valence-corrected chi connectivity index (χ3v) is 7.75. The molecule has 2 unspecified atom stereocenters. The van der Waals surface area contributed by atoms with Crippen molar-refractivity contribution in [2.75, 3.05) is 32.0 Å². The Morgan fingerprint density at radius 2 is 1.78 bits per heavy atom. The Labute approximate surface area is 192 Å². The van der Waals surface area contributed by atoms with Crippen molar-refractivity contribution in [2.45, 2.75) is 43.8 Å². The lowest BCUT2D eigenvalue weighted by molar-refractivity contribution is 0.00519. The number of nitrogens with two attached hydrogens (primary N) is 1. The van der Waals surface area contributed by atoms with Crippen LogP contribution in [0.5, 0.6) is 0 Å². The van der Waals surface area contributed by atoms with Crippen LogP contribution in [0, 0.1) is 5.92 Å². The molecule has 2 aromatic rings. The van der Waals surface area contributed by atoms with E-state index in [1.54, 1.807) is 0 Å². The number of anilines is 1. The molecule has 9 heteroatoms. The van der Waals surface area contributed by atoms with Gasteiger partial charge < -0.3 is 15.8 Å². The molecule has 2 aromatic heterocycles. The highest BCUT2D eigenvalue weighted by Crippen LogP contribution is 2.41. The second-order valence-corrected chi connectivity index (χ2v) is 9.46. The first kappa shape index (κ1) is 20.2. The molecule has 4 heterocycles. The summed E-state index contributed by atoms with van der Waals surface area (Å²) in [5.74, 6) is 0.560. The van der Waals surface area contributed by atoms with Gasteiger partial charge in [0.1, 0.15) is 17.8 Å². The minimum absolute atomic E-state index is 0.117. The number of hydrogen-bond acceptors (Lipinski definition) is 7. The van der Waals surface area contributed by atoms with E-state index < -0.39 is 0 Å². The lowest BCUT2D eigenvalue weighted by Crippen LogP contribution is -2.45. The van der Waals surface area contributed by atoms with Crippen molar-refractivity contribution in [3.05, 3.63) is 41.4 Å². The maximum Gasteiger partial charge on any atom is 0.164 e. The zero-order valence-corrected chi connectivity index (χ0v) is 18.7. The van der Waals surface area contributed by atoms with Crippen molar-refractivity contribution in [1.29, 1.82) is 0 Å². The summed E-state index contributed by atoms with van der Waals surface area (Å²) < 4.78 is 7.60. The van der Waals surface area contributed by atoms with Gasteiger partial charge in [-0.15, -0.1) is 0 Å². The molecule has 4 aliphatic rings. The van der Waals surface area contributed by atoms with Crippen molar-refractivity contribution in [1.82, 2.24) is 30.0 Å². The maximum atomic E-state index is 6.82. The molecule has 0 amide bonds. The molecule has 3 N–H and O–H groups in total. The average molecular weight is 454 g/mol. The number of allylic oxidation sites excluding steroid dienone is 2. The van der Waals surface area contributed by atoms with Crippen LogP contribution < -0.4 is 11.1 Å². The van der Waals surface area contributed by atoms with Gasteiger partial charge in [-0.2, -0.15) is 5.10 Å². The fourth-order valence-corrected chi connectivity index (χ4v) is 5.96. The molecule has 0 bridgehead atoms. The molecule has 2 aliphatic heterocycles. The second-order valence-electron chi connectivity index (χ2n) is 9.05. The first-order valence-corrected chi connectivity index (χ1v) is 11.9. The third-order valence-electron chi connectivity index (χ3n) is 7.31. The fourth-order valence-electron chi connectivity index (χ4n) is 5.61. The van der Waals surface area contributed by atoms with Crippen molar-refractivity contribution in [2.24, 2.45) is 5.92 Å². The van der Waals surface area contributed by atoms with Gasteiger partial charge in [0.15, 0.2) is 5.65 Å². The highest BCUT2D eigenvalue weighted by Gasteiger charge is 2.36. The summed E-state index contributed by atoms with van der Waals surface area (Å²) in [7, 11) is 0. The summed E-state index contributed by atoms with van der Waals surface area (Å²) in [4.78, 5) is 11.4. The number of nitrogens with zero attached hydrogens (tertiary/aromatic N) is 5. The number of morpholine rings is 1. The lowest BCUT2D eigenvalue weighted by Gasteiger charge is -2.38. The number of fused-ring (bicyclic) bond motifs is 2. The predicted molar refractivity (Wildman–Crippen MR) is 125 cm³/mol. The summed E-state index contributed by atoms with van der Waals surface area (Å²) in [5, 5.41) is 10.2. The number of aromatic nitrogens is 4. The quantitative estimate of drug-likeness (QED) is 0.737. The van der Waals surface area contributed by atoms with Gasteiger partial charge in [0.25, 0.3) is 0 Å². The molecular formula is C23H28ClN7O. The molecular weight excluding hydrogens is 426 g/mol. The largest absolute Gasteiger partial charge is 0.383 e. The summed E-state index contributed by atoms with van der Waals surface area (Å²) in [6, 6.07) is 1.06. The number of hydrogen-bond donors (Lipinski definition) is 2. The molecule has 0 radical (unpaired) electrons. The highest BCUT2D eigenvalue weighted by molar-refractivity contribution is 6.34. The van der Waals surface area contributed by atoms with Gasteiger partial charge in [-0.3, -0.25) is 4.90 Å². The Balaban J connectivity index is 1.32. The third kappa shape index (κ3) is 3.32. The molecule has 0 aromatic carbocycles. The average Bonchev–Trinajstić information content (AvgIpc) is 3.39. The molecule has 2 atom stereocenters. The number of ether oxygens (including phenoxy) is 1. The van der Waals surface area contributed by atoms with E-state index >= 15 is 0 Å².